The summed E-state index contributed by atoms with van der Waals surface area (Å²) in [5.41, 5.74) is 0.884. The predicted molar refractivity (Wildman–Crippen MR) is 77.3 cm³/mol. The molecule has 0 amide bonds. The van der Waals surface area contributed by atoms with E-state index in [1.165, 1.54) is 6.26 Å². The molecule has 20 heavy (non-hydrogen) atoms. The third-order valence-electron chi connectivity index (χ3n) is 3.90. The summed E-state index contributed by atoms with van der Waals surface area (Å²) in [6.45, 7) is 1.12. The van der Waals surface area contributed by atoms with Crippen LogP contribution in [0.2, 0.25) is 0 Å². The van der Waals surface area contributed by atoms with Gasteiger partial charge in [0.25, 0.3) is 0 Å². The van der Waals surface area contributed by atoms with Crippen molar-refractivity contribution in [2.75, 3.05) is 24.8 Å². The second-order valence-electron chi connectivity index (χ2n) is 5.41. The van der Waals surface area contributed by atoms with Gasteiger partial charge in [0, 0.05) is 24.1 Å². The summed E-state index contributed by atoms with van der Waals surface area (Å²) in [5.74, 6) is 1.46. The second kappa shape index (κ2) is 5.16. The van der Waals surface area contributed by atoms with E-state index in [1.807, 2.05) is 18.2 Å². The van der Waals surface area contributed by atoms with Crippen molar-refractivity contribution in [2.24, 2.45) is 0 Å². The highest BCUT2D eigenvalue weighted by Gasteiger charge is 2.34. The average molecular weight is 297 g/mol. The molecule has 1 saturated carbocycles. The maximum absolute atomic E-state index is 11.8. The van der Waals surface area contributed by atoms with E-state index in [2.05, 4.69) is 5.32 Å². The number of ether oxygens (including phenoxy) is 2. The summed E-state index contributed by atoms with van der Waals surface area (Å²) in [4.78, 5) is 0. The fraction of sp³-hybridized carbons (Fsp3) is 0.571. The monoisotopic (exact) mass is 297 g/mol. The highest BCUT2D eigenvalue weighted by atomic mass is 32.2. The summed E-state index contributed by atoms with van der Waals surface area (Å²) >= 11 is 0. The number of hydrogen-bond acceptors (Lipinski definition) is 5. The maximum Gasteiger partial charge on any atom is 0.163 e. The third kappa shape index (κ3) is 2.70. The van der Waals surface area contributed by atoms with Crippen LogP contribution in [0, 0.1) is 0 Å². The molecule has 3 rings (SSSR count). The summed E-state index contributed by atoms with van der Waals surface area (Å²) in [7, 11) is -3.01. The van der Waals surface area contributed by atoms with Gasteiger partial charge in [0.1, 0.15) is 13.2 Å². The fourth-order valence-electron chi connectivity index (χ4n) is 2.95. The topological polar surface area (TPSA) is 64.6 Å². The molecule has 0 bridgehead atoms. The molecule has 6 heteroatoms. The number of rotatable bonds is 3. The minimum absolute atomic E-state index is 0.0208. The van der Waals surface area contributed by atoms with Gasteiger partial charge in [-0.3, -0.25) is 0 Å². The van der Waals surface area contributed by atoms with Gasteiger partial charge in [0.05, 0.1) is 5.25 Å². The Balaban J connectivity index is 1.77. The molecule has 1 fully saturated rings. The van der Waals surface area contributed by atoms with E-state index in [4.69, 9.17) is 9.47 Å². The van der Waals surface area contributed by atoms with Gasteiger partial charge in [0.2, 0.25) is 0 Å². The average Bonchev–Trinajstić information content (AvgIpc) is 2.87. The van der Waals surface area contributed by atoms with Crippen molar-refractivity contribution in [3.05, 3.63) is 18.2 Å². The minimum atomic E-state index is -3.01. The van der Waals surface area contributed by atoms with Crippen LogP contribution in [-0.4, -0.2) is 39.2 Å². The highest BCUT2D eigenvalue weighted by Crippen LogP contribution is 2.34. The molecular weight excluding hydrogens is 278 g/mol. The van der Waals surface area contributed by atoms with Crippen molar-refractivity contribution in [2.45, 2.75) is 30.6 Å². The zero-order valence-electron chi connectivity index (χ0n) is 11.5. The summed E-state index contributed by atoms with van der Waals surface area (Å²) < 4.78 is 34.6. The summed E-state index contributed by atoms with van der Waals surface area (Å²) in [5, 5.41) is 3.04. The lowest BCUT2D eigenvalue weighted by molar-refractivity contribution is 0.171. The Labute approximate surface area is 119 Å². The van der Waals surface area contributed by atoms with E-state index < -0.39 is 9.84 Å². The first-order chi connectivity index (χ1) is 9.54. The van der Waals surface area contributed by atoms with Crippen LogP contribution >= 0.6 is 0 Å². The molecule has 1 heterocycles. The number of hydrogen-bond donors (Lipinski definition) is 1. The number of sulfone groups is 1. The van der Waals surface area contributed by atoms with Crippen LogP contribution in [0.25, 0.3) is 0 Å². The first-order valence-electron chi connectivity index (χ1n) is 6.89. The number of anilines is 1. The molecule has 0 radical (unpaired) electrons. The van der Waals surface area contributed by atoms with Gasteiger partial charge in [-0.1, -0.05) is 0 Å². The Morgan fingerprint density at radius 3 is 2.65 bits per heavy atom. The standard InChI is InChI=1S/C14H19NO4S/c1-20(16,17)14-4-2-3-11(14)15-10-5-6-12-13(9-10)19-8-7-18-12/h5-6,9,11,14-15H,2-4,7-8H2,1H3. The van der Waals surface area contributed by atoms with Crippen molar-refractivity contribution < 1.29 is 17.9 Å². The molecule has 1 N–H and O–H groups in total. The molecule has 1 aromatic carbocycles. The van der Waals surface area contributed by atoms with Crippen LogP contribution < -0.4 is 14.8 Å². The normalized spacial score (nSPS) is 25.4. The Hall–Kier alpha value is -1.43. The Bertz CT molecular complexity index is 599. The van der Waals surface area contributed by atoms with Crippen molar-refractivity contribution in [3.63, 3.8) is 0 Å². The lowest BCUT2D eigenvalue weighted by Crippen LogP contribution is -2.34. The van der Waals surface area contributed by atoms with Crippen molar-refractivity contribution in [1.29, 1.82) is 0 Å². The van der Waals surface area contributed by atoms with Gasteiger partial charge in [-0.2, -0.15) is 0 Å². The maximum atomic E-state index is 11.8. The molecule has 1 aromatic rings. The smallest absolute Gasteiger partial charge is 0.163 e. The van der Waals surface area contributed by atoms with E-state index in [1.54, 1.807) is 0 Å². The highest BCUT2D eigenvalue weighted by molar-refractivity contribution is 7.91. The van der Waals surface area contributed by atoms with Gasteiger partial charge in [-0.15, -0.1) is 0 Å². The van der Waals surface area contributed by atoms with Crippen LogP contribution in [0.4, 0.5) is 5.69 Å². The van der Waals surface area contributed by atoms with E-state index in [0.717, 1.165) is 36.4 Å². The summed E-state index contributed by atoms with van der Waals surface area (Å²) in [6, 6.07) is 5.63. The van der Waals surface area contributed by atoms with Crippen molar-refractivity contribution in [3.8, 4) is 11.5 Å². The Kier molecular flexibility index (Phi) is 3.50. The van der Waals surface area contributed by atoms with Gasteiger partial charge in [0.15, 0.2) is 21.3 Å². The van der Waals surface area contributed by atoms with E-state index in [0.29, 0.717) is 13.2 Å². The lowest BCUT2D eigenvalue weighted by Gasteiger charge is -2.23. The quantitative estimate of drug-likeness (QED) is 0.922. The molecular formula is C14H19NO4S. The molecule has 0 spiro atoms. The molecule has 2 atom stereocenters. The zero-order chi connectivity index (χ0) is 14.2. The van der Waals surface area contributed by atoms with Crippen LogP contribution in [-0.2, 0) is 9.84 Å². The molecule has 0 aromatic heterocycles. The Morgan fingerprint density at radius 1 is 1.15 bits per heavy atom. The second-order valence-corrected chi connectivity index (χ2v) is 7.67. The first-order valence-corrected chi connectivity index (χ1v) is 8.84. The van der Waals surface area contributed by atoms with Crippen LogP contribution in [0.15, 0.2) is 18.2 Å². The molecule has 5 nitrogen and oxygen atoms in total. The fourth-order valence-corrected chi connectivity index (χ4v) is 4.35. The molecule has 1 aliphatic carbocycles. The van der Waals surface area contributed by atoms with Crippen molar-refractivity contribution >= 4 is 15.5 Å². The number of nitrogens with one attached hydrogen (secondary N) is 1. The SMILES string of the molecule is CS(=O)(=O)C1CCCC1Nc1ccc2c(c1)OCCO2. The number of fused-ring (bicyclic) bond motifs is 1. The largest absolute Gasteiger partial charge is 0.486 e. The van der Waals surface area contributed by atoms with Crippen LogP contribution in [0.1, 0.15) is 19.3 Å². The minimum Gasteiger partial charge on any atom is -0.486 e. The van der Waals surface area contributed by atoms with Crippen LogP contribution in [0.5, 0.6) is 11.5 Å². The van der Waals surface area contributed by atoms with E-state index >= 15 is 0 Å². The van der Waals surface area contributed by atoms with Gasteiger partial charge in [-0.05, 0) is 31.4 Å². The molecule has 0 saturated heterocycles. The Morgan fingerprint density at radius 2 is 1.90 bits per heavy atom. The van der Waals surface area contributed by atoms with Crippen LogP contribution in [0.3, 0.4) is 0 Å². The van der Waals surface area contributed by atoms with E-state index in [9.17, 15) is 8.42 Å². The molecule has 1 aliphatic heterocycles. The van der Waals surface area contributed by atoms with Gasteiger partial charge < -0.3 is 14.8 Å². The third-order valence-corrected chi connectivity index (χ3v) is 5.56. The predicted octanol–water partition coefficient (Wildman–Crippen LogP) is 1.84. The van der Waals surface area contributed by atoms with Gasteiger partial charge >= 0.3 is 0 Å². The molecule has 110 valence electrons. The molecule has 2 unspecified atom stereocenters. The summed E-state index contributed by atoms with van der Waals surface area (Å²) in [6.07, 6.45) is 3.88. The van der Waals surface area contributed by atoms with E-state index in [-0.39, 0.29) is 11.3 Å². The molecule has 2 aliphatic rings. The first kappa shape index (κ1) is 13.5. The zero-order valence-corrected chi connectivity index (χ0v) is 12.3. The lowest BCUT2D eigenvalue weighted by atomic mass is 10.2. The van der Waals surface area contributed by atoms with Crippen molar-refractivity contribution in [1.82, 2.24) is 0 Å². The number of benzene rings is 1. The van der Waals surface area contributed by atoms with Gasteiger partial charge in [-0.25, -0.2) is 8.42 Å².